The van der Waals surface area contributed by atoms with Gasteiger partial charge in [0.25, 0.3) is 10.1 Å². The molecule has 0 saturated carbocycles. The fourth-order valence-corrected chi connectivity index (χ4v) is 0.983. The van der Waals surface area contributed by atoms with Crippen LogP contribution in [0.15, 0.2) is 34.8 Å². The van der Waals surface area contributed by atoms with Crippen molar-refractivity contribution in [2.24, 2.45) is 0 Å². The summed E-state index contributed by atoms with van der Waals surface area (Å²) in [6.07, 6.45) is 3.19. The summed E-state index contributed by atoms with van der Waals surface area (Å²) >= 11 is 0. The molecule has 0 atom stereocenters. The van der Waals surface area contributed by atoms with Gasteiger partial charge in [-0.2, -0.15) is 8.42 Å². The largest absolute Gasteiger partial charge is 0.293 e. The monoisotopic (exact) mass is 202 g/mol. The molecule has 0 radical (unpaired) electrons. The normalized spacial score (nSPS) is 14.5. The molecule has 0 heterocycles. The predicted molar refractivity (Wildman–Crippen MR) is 53.9 cm³/mol. The van der Waals surface area contributed by atoms with Crippen molar-refractivity contribution in [3.05, 3.63) is 34.8 Å². The maximum Gasteiger partial charge on any atom is 0.293 e. The Bertz CT molecular complexity index is 358. The van der Waals surface area contributed by atoms with Crippen molar-refractivity contribution in [1.29, 1.82) is 0 Å². The van der Waals surface area contributed by atoms with Crippen molar-refractivity contribution in [1.82, 2.24) is 0 Å². The summed E-state index contributed by atoms with van der Waals surface area (Å²) in [5, 5.41) is 0. The highest BCUT2D eigenvalue weighted by molar-refractivity contribution is 7.90. The van der Waals surface area contributed by atoms with Gasteiger partial charge in [-0.05, 0) is 32.4 Å². The van der Waals surface area contributed by atoms with E-state index in [1.807, 2.05) is 19.9 Å². The van der Waals surface area contributed by atoms with E-state index in [1.54, 1.807) is 6.92 Å². The van der Waals surface area contributed by atoms with Gasteiger partial charge in [-0.15, -0.1) is 0 Å². The molecule has 0 aromatic heterocycles. The van der Waals surface area contributed by atoms with E-state index in [0.29, 0.717) is 0 Å². The van der Waals surface area contributed by atoms with Gasteiger partial charge >= 0.3 is 0 Å². The van der Waals surface area contributed by atoms with Crippen molar-refractivity contribution in [2.45, 2.75) is 20.8 Å². The first-order chi connectivity index (χ1) is 5.79. The Morgan fingerprint density at radius 2 is 1.77 bits per heavy atom. The van der Waals surface area contributed by atoms with E-state index in [9.17, 15) is 8.42 Å². The second kappa shape index (κ2) is 4.39. The van der Waals surface area contributed by atoms with Crippen LogP contribution in [-0.4, -0.2) is 13.0 Å². The predicted octanol–water partition coefficient (Wildman–Crippen LogP) is 2.30. The highest BCUT2D eigenvalue weighted by Gasteiger charge is 2.07. The molecule has 0 aromatic rings. The van der Waals surface area contributed by atoms with Crippen LogP contribution in [0.2, 0.25) is 0 Å². The topological polar surface area (TPSA) is 54.4 Å². The molecule has 13 heavy (non-hydrogen) atoms. The zero-order valence-electron chi connectivity index (χ0n) is 8.03. The molecule has 0 aromatic carbocycles. The Morgan fingerprint density at radius 1 is 1.31 bits per heavy atom. The molecule has 0 unspecified atom stereocenters. The lowest BCUT2D eigenvalue weighted by Crippen LogP contribution is -1.98. The zero-order valence-corrected chi connectivity index (χ0v) is 8.85. The van der Waals surface area contributed by atoms with Gasteiger partial charge in [0.15, 0.2) is 0 Å². The molecular weight excluding hydrogens is 188 g/mol. The molecule has 0 spiro atoms. The molecule has 0 aliphatic heterocycles. The molecule has 0 amide bonds. The number of hydrogen-bond donors (Lipinski definition) is 1. The second-order valence-corrected chi connectivity index (χ2v) is 4.21. The lowest BCUT2D eigenvalue weighted by molar-refractivity contribution is 0.492. The van der Waals surface area contributed by atoms with Gasteiger partial charge in [0.2, 0.25) is 0 Å². The van der Waals surface area contributed by atoms with Crippen LogP contribution in [0.4, 0.5) is 0 Å². The van der Waals surface area contributed by atoms with Crippen LogP contribution >= 0.6 is 0 Å². The number of rotatable bonds is 3. The molecule has 0 bridgehead atoms. The lowest BCUT2D eigenvalue weighted by Gasteiger charge is -2.00. The summed E-state index contributed by atoms with van der Waals surface area (Å²) in [5.74, 6) is 0. The molecule has 3 nitrogen and oxygen atoms in total. The van der Waals surface area contributed by atoms with E-state index in [2.05, 4.69) is 6.58 Å². The van der Waals surface area contributed by atoms with Crippen LogP contribution in [0, 0.1) is 0 Å². The molecule has 1 N–H and O–H groups in total. The highest BCUT2D eigenvalue weighted by Crippen LogP contribution is 2.12. The fourth-order valence-electron chi connectivity index (χ4n) is 0.657. The second-order valence-electron chi connectivity index (χ2n) is 2.74. The van der Waals surface area contributed by atoms with Gasteiger partial charge in [0, 0.05) is 0 Å². The SMILES string of the molecule is C=C(/C=C(C)\C(C)=C/C)S(=O)(=O)O. The van der Waals surface area contributed by atoms with Crippen LogP contribution in [0.5, 0.6) is 0 Å². The minimum absolute atomic E-state index is 0.286. The smallest absolute Gasteiger partial charge is 0.282 e. The Balaban J connectivity index is 4.91. The molecule has 0 aliphatic rings. The quantitative estimate of drug-likeness (QED) is 0.564. The van der Waals surface area contributed by atoms with Crippen LogP contribution in [0.25, 0.3) is 0 Å². The first-order valence-electron chi connectivity index (χ1n) is 3.77. The standard InChI is InChI=1S/C9H14O3S/c1-5-7(2)8(3)6-9(4)13(10,11)12/h5-6H,4H2,1-3H3,(H,10,11,12)/b7-5-,8-6-. The summed E-state index contributed by atoms with van der Waals surface area (Å²) in [6, 6.07) is 0. The van der Waals surface area contributed by atoms with Crippen LogP contribution in [0.3, 0.4) is 0 Å². The Morgan fingerprint density at radius 3 is 2.08 bits per heavy atom. The van der Waals surface area contributed by atoms with Gasteiger partial charge in [-0.25, -0.2) is 0 Å². The highest BCUT2D eigenvalue weighted by atomic mass is 32.2. The Hall–Kier alpha value is -0.870. The Labute approximate surface area is 79.2 Å². The summed E-state index contributed by atoms with van der Waals surface area (Å²) in [7, 11) is -4.14. The number of hydrogen-bond acceptors (Lipinski definition) is 2. The summed E-state index contributed by atoms with van der Waals surface area (Å²) in [6.45, 7) is 8.70. The zero-order chi connectivity index (χ0) is 10.6. The molecule has 0 fully saturated rings. The lowest BCUT2D eigenvalue weighted by atomic mass is 10.1. The molecule has 0 rings (SSSR count). The molecule has 4 heteroatoms. The van der Waals surface area contributed by atoms with Crippen molar-refractivity contribution >= 4 is 10.1 Å². The number of allylic oxidation sites excluding steroid dienone is 4. The van der Waals surface area contributed by atoms with Crippen LogP contribution in [0.1, 0.15) is 20.8 Å². The molecule has 74 valence electrons. The summed E-state index contributed by atoms with van der Waals surface area (Å²) in [4.78, 5) is -0.286. The third-order valence-electron chi connectivity index (χ3n) is 1.76. The third-order valence-corrected chi connectivity index (χ3v) is 2.54. The van der Waals surface area contributed by atoms with Crippen LogP contribution in [-0.2, 0) is 10.1 Å². The summed E-state index contributed by atoms with van der Waals surface area (Å²) in [5.41, 5.74) is 1.72. The summed E-state index contributed by atoms with van der Waals surface area (Å²) < 4.78 is 29.7. The minimum Gasteiger partial charge on any atom is -0.282 e. The van der Waals surface area contributed by atoms with Gasteiger partial charge in [0.05, 0.1) is 4.91 Å². The maximum absolute atomic E-state index is 10.6. The Kier molecular flexibility index (Phi) is 4.10. The molecular formula is C9H14O3S. The molecule has 0 aliphatic carbocycles. The van der Waals surface area contributed by atoms with Crippen molar-refractivity contribution in [2.75, 3.05) is 0 Å². The van der Waals surface area contributed by atoms with Crippen LogP contribution < -0.4 is 0 Å². The van der Waals surface area contributed by atoms with E-state index in [1.165, 1.54) is 6.08 Å². The van der Waals surface area contributed by atoms with E-state index in [4.69, 9.17) is 4.55 Å². The average molecular weight is 202 g/mol. The maximum atomic E-state index is 10.6. The van der Waals surface area contributed by atoms with Crippen molar-refractivity contribution in [3.63, 3.8) is 0 Å². The molecule has 0 saturated heterocycles. The van der Waals surface area contributed by atoms with E-state index >= 15 is 0 Å². The van der Waals surface area contributed by atoms with E-state index < -0.39 is 10.1 Å². The van der Waals surface area contributed by atoms with Gasteiger partial charge in [-0.1, -0.05) is 18.2 Å². The average Bonchev–Trinajstić information content (AvgIpc) is 2.01. The minimum atomic E-state index is -4.14. The first kappa shape index (κ1) is 12.1. The van der Waals surface area contributed by atoms with Crippen molar-refractivity contribution in [3.8, 4) is 0 Å². The van der Waals surface area contributed by atoms with Gasteiger partial charge < -0.3 is 0 Å². The van der Waals surface area contributed by atoms with E-state index in [0.717, 1.165) is 11.1 Å². The van der Waals surface area contributed by atoms with Crippen molar-refractivity contribution < 1.29 is 13.0 Å². The van der Waals surface area contributed by atoms with E-state index in [-0.39, 0.29) is 4.91 Å². The van der Waals surface area contributed by atoms with Gasteiger partial charge in [0.1, 0.15) is 0 Å². The fraction of sp³-hybridized carbons (Fsp3) is 0.333. The van der Waals surface area contributed by atoms with Gasteiger partial charge in [-0.3, -0.25) is 4.55 Å². The first-order valence-corrected chi connectivity index (χ1v) is 5.21. The third kappa shape index (κ3) is 4.05.